The van der Waals surface area contributed by atoms with E-state index in [2.05, 4.69) is 5.32 Å². The third-order valence-corrected chi connectivity index (χ3v) is 6.32. The highest BCUT2D eigenvalue weighted by atomic mass is 32.1. The van der Waals surface area contributed by atoms with Crippen molar-refractivity contribution in [3.63, 3.8) is 0 Å². The van der Waals surface area contributed by atoms with Gasteiger partial charge in [0.25, 0.3) is 5.91 Å². The zero-order valence-electron chi connectivity index (χ0n) is 19.4. The first kappa shape index (κ1) is 25.2. The van der Waals surface area contributed by atoms with Crippen LogP contribution in [0.4, 0.5) is 5.00 Å². The summed E-state index contributed by atoms with van der Waals surface area (Å²) in [4.78, 5) is 49.2. The van der Waals surface area contributed by atoms with Gasteiger partial charge < -0.3 is 24.3 Å². The number of amides is 1. The van der Waals surface area contributed by atoms with Crippen molar-refractivity contribution in [1.82, 2.24) is 0 Å². The van der Waals surface area contributed by atoms with Crippen molar-refractivity contribution in [2.45, 2.75) is 40.0 Å². The largest absolute Gasteiger partial charge is 0.482 e. The molecule has 0 radical (unpaired) electrons. The van der Waals surface area contributed by atoms with Crippen LogP contribution >= 0.6 is 11.3 Å². The van der Waals surface area contributed by atoms with Gasteiger partial charge in [-0.15, -0.1) is 11.3 Å². The summed E-state index contributed by atoms with van der Waals surface area (Å²) in [5.41, 5.74) is 2.92. The number of benzene rings is 1. The number of hydrogen-bond donors (Lipinski definition) is 1. The molecule has 0 aliphatic heterocycles. The summed E-state index contributed by atoms with van der Waals surface area (Å²) in [7, 11) is 0. The standard InChI is InChI=1S/C24H27NO8S/c1-4-30-23(28)20-14(3)21(24(29)31-5-2)34-22(20)25-18(26)12-33-19(27)13-32-17-10-9-15-7-6-8-16(15)11-17/h9-11H,4-8,12-13H2,1-3H3,(H,25,26). The predicted octanol–water partition coefficient (Wildman–Crippen LogP) is 3.46. The van der Waals surface area contributed by atoms with Gasteiger partial charge in [-0.1, -0.05) is 6.07 Å². The number of aryl methyl sites for hydroxylation is 2. The average Bonchev–Trinajstić information content (AvgIpc) is 3.40. The van der Waals surface area contributed by atoms with E-state index in [0.29, 0.717) is 11.3 Å². The summed E-state index contributed by atoms with van der Waals surface area (Å²) in [5.74, 6) is -2.10. The van der Waals surface area contributed by atoms with Crippen LogP contribution in [0.5, 0.6) is 5.75 Å². The number of carbonyl (C=O) groups excluding carboxylic acids is 4. The highest BCUT2D eigenvalue weighted by Crippen LogP contribution is 2.34. The third kappa shape index (κ3) is 6.13. The van der Waals surface area contributed by atoms with Crippen molar-refractivity contribution in [3.8, 4) is 5.75 Å². The number of rotatable bonds is 10. The summed E-state index contributed by atoms with van der Waals surface area (Å²) < 4.78 is 20.5. The molecule has 0 bridgehead atoms. The Morgan fingerprint density at radius 3 is 2.38 bits per heavy atom. The molecule has 0 unspecified atom stereocenters. The second kappa shape index (κ2) is 11.6. The minimum absolute atomic E-state index is 0.0644. The predicted molar refractivity (Wildman–Crippen MR) is 125 cm³/mol. The molecule has 182 valence electrons. The number of nitrogens with one attached hydrogen (secondary N) is 1. The molecule has 1 aromatic carbocycles. The minimum Gasteiger partial charge on any atom is -0.482 e. The molecular formula is C24H27NO8S. The van der Waals surface area contributed by atoms with E-state index >= 15 is 0 Å². The van der Waals surface area contributed by atoms with Crippen molar-refractivity contribution in [2.24, 2.45) is 0 Å². The Morgan fingerprint density at radius 2 is 1.65 bits per heavy atom. The van der Waals surface area contributed by atoms with Crippen molar-refractivity contribution in [2.75, 3.05) is 31.7 Å². The summed E-state index contributed by atoms with van der Waals surface area (Å²) in [6, 6.07) is 5.71. The van der Waals surface area contributed by atoms with Gasteiger partial charge in [0, 0.05) is 0 Å². The fourth-order valence-electron chi connectivity index (χ4n) is 3.57. The van der Waals surface area contributed by atoms with Gasteiger partial charge in [-0.3, -0.25) is 4.79 Å². The van der Waals surface area contributed by atoms with Gasteiger partial charge in [-0.2, -0.15) is 0 Å². The van der Waals surface area contributed by atoms with E-state index in [0.717, 1.165) is 30.6 Å². The quantitative estimate of drug-likeness (QED) is 0.398. The minimum atomic E-state index is -0.712. The fourth-order valence-corrected chi connectivity index (χ4v) is 4.68. The van der Waals surface area contributed by atoms with E-state index in [1.165, 1.54) is 11.1 Å². The highest BCUT2D eigenvalue weighted by Gasteiger charge is 2.27. The van der Waals surface area contributed by atoms with Gasteiger partial charge in [0.1, 0.15) is 15.6 Å². The molecule has 1 N–H and O–H groups in total. The molecule has 1 aromatic heterocycles. The van der Waals surface area contributed by atoms with Gasteiger partial charge in [0.05, 0.1) is 18.8 Å². The van der Waals surface area contributed by atoms with E-state index in [9.17, 15) is 19.2 Å². The van der Waals surface area contributed by atoms with E-state index < -0.39 is 30.4 Å². The molecule has 0 saturated heterocycles. The van der Waals surface area contributed by atoms with Crippen LogP contribution in [-0.4, -0.2) is 50.2 Å². The summed E-state index contributed by atoms with van der Waals surface area (Å²) >= 11 is 0.896. The molecule has 9 nitrogen and oxygen atoms in total. The lowest BCUT2D eigenvalue weighted by molar-refractivity contribution is -0.149. The fraction of sp³-hybridized carbons (Fsp3) is 0.417. The summed E-state index contributed by atoms with van der Waals surface area (Å²) in [5, 5.41) is 2.64. The third-order valence-electron chi connectivity index (χ3n) is 5.13. The number of anilines is 1. The maximum absolute atomic E-state index is 12.4. The second-order valence-electron chi connectivity index (χ2n) is 7.48. The van der Waals surface area contributed by atoms with Crippen molar-refractivity contribution in [1.29, 1.82) is 0 Å². The molecule has 0 fully saturated rings. The number of fused-ring (bicyclic) bond motifs is 1. The topological polar surface area (TPSA) is 117 Å². The lowest BCUT2D eigenvalue weighted by atomic mass is 10.1. The molecule has 3 rings (SSSR count). The first-order valence-corrected chi connectivity index (χ1v) is 11.8. The van der Waals surface area contributed by atoms with Gasteiger partial charge in [-0.05, 0) is 68.9 Å². The Morgan fingerprint density at radius 1 is 0.941 bits per heavy atom. The van der Waals surface area contributed by atoms with E-state index in [1.54, 1.807) is 26.8 Å². The van der Waals surface area contributed by atoms with Gasteiger partial charge >= 0.3 is 17.9 Å². The maximum Gasteiger partial charge on any atom is 0.348 e. The van der Waals surface area contributed by atoms with Crippen LogP contribution in [0, 0.1) is 6.92 Å². The molecular weight excluding hydrogens is 462 g/mol. The second-order valence-corrected chi connectivity index (χ2v) is 8.50. The molecule has 10 heteroatoms. The molecule has 0 saturated carbocycles. The summed E-state index contributed by atoms with van der Waals surface area (Å²) in [6.45, 7) is 4.24. The molecule has 1 amide bonds. The van der Waals surface area contributed by atoms with Gasteiger partial charge in [-0.25, -0.2) is 14.4 Å². The Bertz CT molecular complexity index is 1090. The highest BCUT2D eigenvalue weighted by molar-refractivity contribution is 7.18. The van der Waals surface area contributed by atoms with Crippen LogP contribution in [0.3, 0.4) is 0 Å². The number of ether oxygens (including phenoxy) is 4. The van der Waals surface area contributed by atoms with Crippen molar-refractivity contribution < 1.29 is 38.1 Å². The van der Waals surface area contributed by atoms with Crippen LogP contribution in [0.25, 0.3) is 0 Å². The average molecular weight is 490 g/mol. The van der Waals surface area contributed by atoms with Crippen LogP contribution in [0.2, 0.25) is 0 Å². The molecule has 1 heterocycles. The summed E-state index contributed by atoms with van der Waals surface area (Å²) in [6.07, 6.45) is 3.15. The maximum atomic E-state index is 12.4. The lowest BCUT2D eigenvalue weighted by Gasteiger charge is -2.09. The first-order valence-electron chi connectivity index (χ1n) is 11.0. The molecule has 2 aromatic rings. The molecule has 0 spiro atoms. The number of thiophene rings is 1. The number of hydrogen-bond acceptors (Lipinski definition) is 9. The normalized spacial score (nSPS) is 12.0. The number of carbonyl (C=O) groups is 4. The van der Waals surface area contributed by atoms with Crippen LogP contribution in [0.15, 0.2) is 18.2 Å². The van der Waals surface area contributed by atoms with Crippen LogP contribution in [0.1, 0.15) is 57.0 Å². The smallest absolute Gasteiger partial charge is 0.348 e. The molecule has 34 heavy (non-hydrogen) atoms. The Kier molecular flexibility index (Phi) is 8.64. The van der Waals surface area contributed by atoms with Crippen LogP contribution < -0.4 is 10.1 Å². The Labute approximate surface area is 201 Å². The van der Waals surface area contributed by atoms with Crippen molar-refractivity contribution >= 4 is 40.2 Å². The Hall–Kier alpha value is -3.40. The molecule has 1 aliphatic carbocycles. The monoisotopic (exact) mass is 489 g/mol. The number of esters is 3. The molecule has 0 atom stereocenters. The SMILES string of the molecule is CCOC(=O)c1sc(NC(=O)COC(=O)COc2ccc3c(c2)CCC3)c(C(=O)OCC)c1C. The van der Waals surface area contributed by atoms with Gasteiger partial charge in [0.2, 0.25) is 0 Å². The van der Waals surface area contributed by atoms with Crippen LogP contribution in [-0.2, 0) is 36.6 Å². The first-order chi connectivity index (χ1) is 16.3. The Balaban J connectivity index is 1.57. The zero-order valence-corrected chi connectivity index (χ0v) is 20.2. The molecule has 1 aliphatic rings. The van der Waals surface area contributed by atoms with Crippen molar-refractivity contribution in [3.05, 3.63) is 45.3 Å². The lowest BCUT2D eigenvalue weighted by Crippen LogP contribution is -2.24. The van der Waals surface area contributed by atoms with Gasteiger partial charge in [0.15, 0.2) is 13.2 Å². The van der Waals surface area contributed by atoms with E-state index in [-0.39, 0.29) is 35.3 Å². The zero-order chi connectivity index (χ0) is 24.7. The van der Waals surface area contributed by atoms with E-state index in [4.69, 9.17) is 18.9 Å². The van der Waals surface area contributed by atoms with E-state index in [1.807, 2.05) is 12.1 Å².